The topological polar surface area (TPSA) is 114 Å². The Morgan fingerprint density at radius 3 is 2.68 bits per heavy atom. The molecule has 2 aliphatic heterocycles. The van der Waals surface area contributed by atoms with E-state index in [1.807, 2.05) is 6.92 Å². The summed E-state index contributed by atoms with van der Waals surface area (Å²) in [6.07, 6.45) is 0.886. The maximum Gasteiger partial charge on any atom is 0.415 e. The lowest BCUT2D eigenvalue weighted by molar-refractivity contribution is -0.389. The van der Waals surface area contributed by atoms with Gasteiger partial charge in [-0.1, -0.05) is 23.2 Å². The van der Waals surface area contributed by atoms with Crippen molar-refractivity contribution < 1.29 is 19.6 Å². The van der Waals surface area contributed by atoms with Crippen molar-refractivity contribution in [3.63, 3.8) is 0 Å². The van der Waals surface area contributed by atoms with E-state index in [1.165, 1.54) is 11.1 Å². The van der Waals surface area contributed by atoms with Crippen molar-refractivity contribution >= 4 is 35.1 Å². The molecule has 0 saturated carbocycles. The molecule has 2 atom stereocenters. The molecule has 31 heavy (non-hydrogen) atoms. The van der Waals surface area contributed by atoms with Crippen molar-refractivity contribution in [1.29, 1.82) is 0 Å². The van der Waals surface area contributed by atoms with Gasteiger partial charge in [-0.2, -0.15) is 0 Å². The monoisotopic (exact) mass is 469 g/mol. The molecular formula is C19H21Cl2N5O5. The highest BCUT2D eigenvalue weighted by atomic mass is 35.5. The first-order chi connectivity index (χ1) is 14.6. The van der Waals surface area contributed by atoms with Crippen LogP contribution >= 0.6 is 23.2 Å². The molecule has 166 valence electrons. The molecule has 10 nitrogen and oxygen atoms in total. The number of amides is 1. The fourth-order valence-electron chi connectivity index (χ4n) is 4.33. The summed E-state index contributed by atoms with van der Waals surface area (Å²) in [6.45, 7) is 4.31. The van der Waals surface area contributed by atoms with Gasteiger partial charge in [-0.25, -0.2) is 4.79 Å². The molecule has 1 amide bonds. The summed E-state index contributed by atoms with van der Waals surface area (Å²) in [5.74, 6) is -0.243. The van der Waals surface area contributed by atoms with Crippen molar-refractivity contribution in [3.05, 3.63) is 50.1 Å². The minimum Gasteiger partial charge on any atom is -0.465 e. The molecule has 0 spiro atoms. The van der Waals surface area contributed by atoms with Crippen LogP contribution in [0.5, 0.6) is 6.01 Å². The zero-order chi connectivity index (χ0) is 22.3. The van der Waals surface area contributed by atoms with E-state index in [9.17, 15) is 20.0 Å². The van der Waals surface area contributed by atoms with Crippen LogP contribution in [0.1, 0.15) is 12.5 Å². The smallest absolute Gasteiger partial charge is 0.415 e. The van der Waals surface area contributed by atoms with Crippen LogP contribution in [0.3, 0.4) is 0 Å². The molecule has 3 heterocycles. The Kier molecular flexibility index (Phi) is 5.71. The normalized spacial score (nSPS) is 23.5. The number of hydrogen-bond acceptors (Lipinski definition) is 6. The Labute approximate surface area is 188 Å². The summed E-state index contributed by atoms with van der Waals surface area (Å²) in [4.78, 5) is 29.6. The van der Waals surface area contributed by atoms with Gasteiger partial charge in [-0.3, -0.25) is 9.47 Å². The first-order valence-corrected chi connectivity index (χ1v) is 10.4. The van der Waals surface area contributed by atoms with Crippen molar-refractivity contribution in [1.82, 2.24) is 19.4 Å². The van der Waals surface area contributed by atoms with Crippen LogP contribution in [0.15, 0.2) is 24.4 Å². The van der Waals surface area contributed by atoms with E-state index in [1.54, 1.807) is 22.8 Å². The Morgan fingerprint density at radius 2 is 2.06 bits per heavy atom. The van der Waals surface area contributed by atoms with Crippen LogP contribution in [0, 0.1) is 10.1 Å². The van der Waals surface area contributed by atoms with E-state index < -0.39 is 16.6 Å². The fraction of sp³-hybridized carbons (Fsp3) is 0.474. The standard InChI is InChI=1S/C19H21Cl2N5O5/c1-19(11-24-9-16(26(29)30)22-17(24)31-19)10-23-2-3-25(18(27)28)15(8-23)6-12-4-13(20)7-14(21)5-12/h4-5,7,9,15H,2-3,6,8,10-11H2,1H3,(H,27,28)/t15-,19?/m0/s1. The minimum atomic E-state index is -0.964. The number of nitrogens with zero attached hydrogens (tertiary/aromatic N) is 5. The molecule has 0 radical (unpaired) electrons. The molecule has 1 aromatic carbocycles. The van der Waals surface area contributed by atoms with E-state index in [2.05, 4.69) is 9.88 Å². The average Bonchev–Trinajstić information content (AvgIpc) is 3.15. The number of hydrogen-bond donors (Lipinski definition) is 1. The van der Waals surface area contributed by atoms with Gasteiger partial charge in [0.25, 0.3) is 0 Å². The molecule has 12 heteroatoms. The molecule has 0 bridgehead atoms. The molecule has 1 fully saturated rings. The van der Waals surface area contributed by atoms with Gasteiger partial charge in [-0.15, -0.1) is 0 Å². The second-order valence-electron chi connectivity index (χ2n) is 8.17. The zero-order valence-corrected chi connectivity index (χ0v) is 18.2. The Balaban J connectivity index is 1.45. The highest BCUT2D eigenvalue weighted by Gasteiger charge is 2.43. The van der Waals surface area contributed by atoms with Gasteiger partial charge in [0.2, 0.25) is 0 Å². The Hall–Kier alpha value is -2.56. The highest BCUT2D eigenvalue weighted by Crippen LogP contribution is 2.32. The summed E-state index contributed by atoms with van der Waals surface area (Å²) in [5, 5.41) is 21.6. The van der Waals surface area contributed by atoms with Crippen LogP contribution in [0.2, 0.25) is 10.0 Å². The highest BCUT2D eigenvalue weighted by molar-refractivity contribution is 6.34. The van der Waals surface area contributed by atoms with Crippen LogP contribution in [-0.4, -0.2) is 73.3 Å². The molecule has 1 aromatic heterocycles. The van der Waals surface area contributed by atoms with Crippen LogP contribution in [0.25, 0.3) is 0 Å². The third kappa shape index (κ3) is 4.70. The number of imidazole rings is 1. The van der Waals surface area contributed by atoms with E-state index in [0.717, 1.165) is 5.56 Å². The number of ether oxygens (including phenoxy) is 1. The van der Waals surface area contributed by atoms with Crippen molar-refractivity contribution in [2.75, 3.05) is 26.2 Å². The van der Waals surface area contributed by atoms with E-state index >= 15 is 0 Å². The van der Waals surface area contributed by atoms with Crippen LogP contribution in [-0.2, 0) is 13.0 Å². The third-order valence-corrected chi connectivity index (χ3v) is 5.96. The van der Waals surface area contributed by atoms with Gasteiger partial charge < -0.3 is 24.9 Å². The lowest BCUT2D eigenvalue weighted by Gasteiger charge is -2.42. The molecule has 2 aromatic rings. The van der Waals surface area contributed by atoms with Crippen molar-refractivity contribution in [3.8, 4) is 6.01 Å². The summed E-state index contributed by atoms with van der Waals surface area (Å²) in [5.41, 5.74) is 0.249. The third-order valence-electron chi connectivity index (χ3n) is 5.52. The van der Waals surface area contributed by atoms with Gasteiger partial charge >= 0.3 is 17.9 Å². The van der Waals surface area contributed by atoms with Crippen molar-refractivity contribution in [2.45, 2.75) is 31.5 Å². The van der Waals surface area contributed by atoms with Crippen LogP contribution in [0.4, 0.5) is 10.6 Å². The molecule has 2 aliphatic rings. The van der Waals surface area contributed by atoms with E-state index in [0.29, 0.717) is 49.2 Å². The second kappa shape index (κ2) is 8.18. The number of carboxylic acid groups (broad SMARTS) is 1. The molecular weight excluding hydrogens is 449 g/mol. The number of benzene rings is 1. The summed E-state index contributed by atoms with van der Waals surface area (Å²) in [7, 11) is 0. The number of halogens is 2. The number of carbonyl (C=O) groups is 1. The Morgan fingerprint density at radius 1 is 1.35 bits per heavy atom. The predicted molar refractivity (Wildman–Crippen MR) is 113 cm³/mol. The first kappa shape index (κ1) is 21.7. The lowest BCUT2D eigenvalue weighted by Crippen LogP contribution is -2.58. The second-order valence-corrected chi connectivity index (χ2v) is 9.04. The van der Waals surface area contributed by atoms with E-state index in [4.69, 9.17) is 27.9 Å². The fourth-order valence-corrected chi connectivity index (χ4v) is 4.90. The number of rotatable bonds is 5. The molecule has 4 rings (SSSR count). The Bertz CT molecular complexity index is 985. The maximum atomic E-state index is 11.8. The maximum absolute atomic E-state index is 11.8. The summed E-state index contributed by atoms with van der Waals surface area (Å²) < 4.78 is 7.56. The number of fused-ring (bicyclic) bond motifs is 1. The largest absolute Gasteiger partial charge is 0.465 e. The SMILES string of the molecule is CC1(CN2CCN(C(=O)O)[C@@H](Cc3cc(Cl)cc(Cl)c3)C2)Cn2cc([N+](=O)[O-])nc2O1. The van der Waals surface area contributed by atoms with E-state index in [-0.39, 0.29) is 17.9 Å². The summed E-state index contributed by atoms with van der Waals surface area (Å²) >= 11 is 12.2. The number of aromatic nitrogens is 2. The molecule has 0 aliphatic carbocycles. The molecule has 1 saturated heterocycles. The minimum absolute atomic E-state index is 0.225. The predicted octanol–water partition coefficient (Wildman–Crippen LogP) is 3.16. The van der Waals surface area contributed by atoms with Gasteiger partial charge in [0.1, 0.15) is 11.8 Å². The molecule has 1 unspecified atom stereocenters. The van der Waals surface area contributed by atoms with Gasteiger partial charge in [0.15, 0.2) is 0 Å². The van der Waals surface area contributed by atoms with Crippen LogP contribution < -0.4 is 4.74 Å². The average molecular weight is 470 g/mol. The lowest BCUT2D eigenvalue weighted by atomic mass is 10.00. The zero-order valence-electron chi connectivity index (χ0n) is 16.7. The summed E-state index contributed by atoms with van der Waals surface area (Å²) in [6, 6.07) is 5.17. The number of nitro groups is 1. The van der Waals surface area contributed by atoms with Gasteiger partial charge in [-0.05, 0) is 42.0 Å². The van der Waals surface area contributed by atoms with Crippen molar-refractivity contribution in [2.24, 2.45) is 0 Å². The quantitative estimate of drug-likeness (QED) is 0.528. The number of piperazine rings is 1. The van der Waals surface area contributed by atoms with Gasteiger partial charge in [0.05, 0.1) is 12.6 Å². The molecule has 1 N–H and O–H groups in total. The first-order valence-electron chi connectivity index (χ1n) is 9.69. The van der Waals surface area contributed by atoms with Gasteiger partial charge in [0, 0.05) is 41.2 Å².